The van der Waals surface area contributed by atoms with Gasteiger partial charge in [0.15, 0.2) is 0 Å². The smallest absolute Gasteiger partial charge is 0.241 e. The minimum atomic E-state index is -3.46. The minimum Gasteiger partial charge on any atom is -0.385 e. The van der Waals surface area contributed by atoms with E-state index in [1.807, 2.05) is 13.0 Å². The normalized spacial score (nSPS) is 19.9. The first kappa shape index (κ1) is 14.8. The molecule has 1 fully saturated rings. The average molecular weight is 310 g/mol. The molecule has 0 saturated carbocycles. The lowest BCUT2D eigenvalue weighted by molar-refractivity contribution is 0.0832. The Morgan fingerprint density at radius 3 is 2.81 bits per heavy atom. The fourth-order valence-corrected chi connectivity index (χ4v) is 4.65. The lowest BCUT2D eigenvalue weighted by Gasteiger charge is -2.26. The van der Waals surface area contributed by atoms with Gasteiger partial charge >= 0.3 is 0 Å². The van der Waals surface area contributed by atoms with Gasteiger partial charge in [0.25, 0.3) is 0 Å². The van der Waals surface area contributed by atoms with Crippen molar-refractivity contribution >= 4 is 15.7 Å². The first-order chi connectivity index (χ1) is 10.1. The lowest BCUT2D eigenvalue weighted by atomic mass is 10.00. The van der Waals surface area contributed by atoms with Crippen molar-refractivity contribution in [3.63, 3.8) is 0 Å². The van der Waals surface area contributed by atoms with E-state index in [-0.39, 0.29) is 6.04 Å². The van der Waals surface area contributed by atoms with Crippen molar-refractivity contribution in [2.45, 2.75) is 43.5 Å². The van der Waals surface area contributed by atoms with Gasteiger partial charge in [-0.1, -0.05) is 6.07 Å². The monoisotopic (exact) mass is 310 g/mol. The van der Waals surface area contributed by atoms with Gasteiger partial charge in [-0.05, 0) is 49.8 Å². The molecule has 6 heteroatoms. The number of hydrogen-bond donors (Lipinski definition) is 2. The van der Waals surface area contributed by atoms with Gasteiger partial charge in [0.2, 0.25) is 10.0 Å². The van der Waals surface area contributed by atoms with Gasteiger partial charge in [-0.25, -0.2) is 13.1 Å². The summed E-state index contributed by atoms with van der Waals surface area (Å²) in [6.07, 6.45) is 3.27. The summed E-state index contributed by atoms with van der Waals surface area (Å²) in [5, 5.41) is 3.33. The van der Waals surface area contributed by atoms with Crippen molar-refractivity contribution in [3.8, 4) is 0 Å². The zero-order chi connectivity index (χ0) is 14.9. The summed E-state index contributed by atoms with van der Waals surface area (Å²) in [5.74, 6) is 0. The van der Waals surface area contributed by atoms with Crippen LogP contribution in [0.15, 0.2) is 17.0 Å². The Morgan fingerprint density at radius 1 is 1.29 bits per heavy atom. The standard InChI is InChI=1S/C15H22N2O3S/c1-11-4-5-14(13-3-2-8-16-15(11)13)21(18,19)17-12-6-9-20-10-7-12/h4-5,12,16-17H,2-3,6-10H2,1H3. The molecule has 0 aromatic heterocycles. The Balaban J connectivity index is 1.91. The Morgan fingerprint density at radius 2 is 2.05 bits per heavy atom. The molecule has 0 aliphatic carbocycles. The highest BCUT2D eigenvalue weighted by molar-refractivity contribution is 7.89. The second kappa shape index (κ2) is 5.94. The molecule has 0 amide bonds. The van der Waals surface area contributed by atoms with Crippen LogP contribution in [0.4, 0.5) is 5.69 Å². The molecule has 0 unspecified atom stereocenters. The summed E-state index contributed by atoms with van der Waals surface area (Å²) in [6, 6.07) is 3.61. The first-order valence-corrected chi connectivity index (χ1v) is 9.03. The van der Waals surface area contributed by atoms with Crippen LogP contribution in [0.3, 0.4) is 0 Å². The molecule has 21 heavy (non-hydrogen) atoms. The van der Waals surface area contributed by atoms with E-state index in [4.69, 9.17) is 4.74 Å². The number of fused-ring (bicyclic) bond motifs is 1. The van der Waals surface area contributed by atoms with Crippen LogP contribution in [0, 0.1) is 6.92 Å². The summed E-state index contributed by atoms with van der Waals surface area (Å²) < 4.78 is 33.5. The second-order valence-electron chi connectivity index (χ2n) is 5.77. The molecule has 1 saturated heterocycles. The molecule has 2 aliphatic heterocycles. The number of hydrogen-bond acceptors (Lipinski definition) is 4. The summed E-state index contributed by atoms with van der Waals surface area (Å²) in [7, 11) is -3.46. The van der Waals surface area contributed by atoms with Gasteiger partial charge in [-0.2, -0.15) is 0 Å². The topological polar surface area (TPSA) is 67.4 Å². The van der Waals surface area contributed by atoms with E-state index in [1.54, 1.807) is 6.07 Å². The summed E-state index contributed by atoms with van der Waals surface area (Å²) in [6.45, 7) is 4.17. The van der Waals surface area contributed by atoms with Crippen molar-refractivity contribution in [2.75, 3.05) is 25.1 Å². The van der Waals surface area contributed by atoms with E-state index < -0.39 is 10.0 Å². The number of sulfonamides is 1. The van der Waals surface area contributed by atoms with E-state index in [0.717, 1.165) is 49.0 Å². The van der Waals surface area contributed by atoms with Crippen LogP contribution < -0.4 is 10.0 Å². The van der Waals surface area contributed by atoms with Gasteiger partial charge in [-0.3, -0.25) is 0 Å². The molecule has 2 heterocycles. The maximum atomic E-state index is 12.7. The van der Waals surface area contributed by atoms with E-state index in [9.17, 15) is 8.42 Å². The molecule has 0 atom stereocenters. The average Bonchev–Trinajstić information content (AvgIpc) is 2.48. The predicted octanol–water partition coefficient (Wildman–Crippen LogP) is 1.81. The third-order valence-electron chi connectivity index (χ3n) is 4.22. The summed E-state index contributed by atoms with van der Waals surface area (Å²) in [4.78, 5) is 0.432. The van der Waals surface area contributed by atoms with Gasteiger partial charge in [0, 0.05) is 31.5 Å². The molecule has 2 N–H and O–H groups in total. The van der Waals surface area contributed by atoms with Crippen LogP contribution in [-0.2, 0) is 21.2 Å². The number of benzene rings is 1. The lowest BCUT2D eigenvalue weighted by Crippen LogP contribution is -2.39. The second-order valence-corrected chi connectivity index (χ2v) is 7.45. The fourth-order valence-electron chi connectivity index (χ4n) is 3.07. The highest BCUT2D eigenvalue weighted by Crippen LogP contribution is 2.31. The first-order valence-electron chi connectivity index (χ1n) is 7.54. The molecule has 3 rings (SSSR count). The molecule has 1 aromatic rings. The highest BCUT2D eigenvalue weighted by atomic mass is 32.2. The SMILES string of the molecule is Cc1ccc(S(=O)(=O)NC2CCOCC2)c2c1NCCC2. The molecular formula is C15H22N2O3S. The van der Waals surface area contributed by atoms with E-state index in [0.29, 0.717) is 18.1 Å². The molecular weight excluding hydrogens is 288 g/mol. The highest BCUT2D eigenvalue weighted by Gasteiger charge is 2.27. The van der Waals surface area contributed by atoms with E-state index in [1.165, 1.54) is 0 Å². The molecule has 0 radical (unpaired) electrons. The maximum absolute atomic E-state index is 12.7. The quantitative estimate of drug-likeness (QED) is 0.893. The molecule has 116 valence electrons. The molecule has 2 aliphatic rings. The minimum absolute atomic E-state index is 0.0164. The Bertz CT molecular complexity index is 622. The Hall–Kier alpha value is -1.11. The summed E-state index contributed by atoms with van der Waals surface area (Å²) in [5.41, 5.74) is 3.03. The van der Waals surface area contributed by atoms with Crippen LogP contribution in [0.25, 0.3) is 0 Å². The van der Waals surface area contributed by atoms with Crippen molar-refractivity contribution < 1.29 is 13.2 Å². The molecule has 0 spiro atoms. The van der Waals surface area contributed by atoms with Crippen LogP contribution in [0.2, 0.25) is 0 Å². The largest absolute Gasteiger partial charge is 0.385 e. The summed E-state index contributed by atoms with van der Waals surface area (Å²) >= 11 is 0. The van der Waals surface area contributed by atoms with Gasteiger partial charge < -0.3 is 10.1 Å². The zero-order valence-corrected chi connectivity index (χ0v) is 13.1. The van der Waals surface area contributed by atoms with Crippen LogP contribution in [0.1, 0.15) is 30.4 Å². The van der Waals surface area contributed by atoms with E-state index in [2.05, 4.69) is 10.0 Å². The number of anilines is 1. The van der Waals surface area contributed by atoms with Crippen LogP contribution >= 0.6 is 0 Å². The Labute approximate surface area is 126 Å². The van der Waals surface area contributed by atoms with E-state index >= 15 is 0 Å². The molecule has 5 nitrogen and oxygen atoms in total. The van der Waals surface area contributed by atoms with Crippen molar-refractivity contribution in [3.05, 3.63) is 23.3 Å². The predicted molar refractivity (Wildman–Crippen MR) is 82.2 cm³/mol. The fraction of sp³-hybridized carbons (Fsp3) is 0.600. The zero-order valence-electron chi connectivity index (χ0n) is 12.3. The van der Waals surface area contributed by atoms with Gasteiger partial charge in [0.05, 0.1) is 4.90 Å². The third kappa shape index (κ3) is 3.07. The number of rotatable bonds is 3. The number of nitrogens with one attached hydrogen (secondary N) is 2. The van der Waals surface area contributed by atoms with Gasteiger partial charge in [0.1, 0.15) is 0 Å². The molecule has 1 aromatic carbocycles. The number of aryl methyl sites for hydroxylation is 1. The van der Waals surface area contributed by atoms with Crippen LogP contribution in [-0.4, -0.2) is 34.2 Å². The molecule has 0 bridgehead atoms. The van der Waals surface area contributed by atoms with Crippen molar-refractivity contribution in [1.82, 2.24) is 4.72 Å². The van der Waals surface area contributed by atoms with Crippen molar-refractivity contribution in [1.29, 1.82) is 0 Å². The Kier molecular flexibility index (Phi) is 4.19. The van der Waals surface area contributed by atoms with Crippen molar-refractivity contribution in [2.24, 2.45) is 0 Å². The van der Waals surface area contributed by atoms with Crippen LogP contribution in [0.5, 0.6) is 0 Å². The maximum Gasteiger partial charge on any atom is 0.241 e. The third-order valence-corrected chi connectivity index (χ3v) is 5.82. The number of ether oxygens (including phenoxy) is 1. The van der Waals surface area contributed by atoms with Gasteiger partial charge in [-0.15, -0.1) is 0 Å².